The second-order valence-corrected chi connectivity index (χ2v) is 7.51. The second-order valence-electron chi connectivity index (χ2n) is 7.51. The molecule has 1 saturated heterocycles. The highest BCUT2D eigenvalue weighted by Crippen LogP contribution is 2.40. The van der Waals surface area contributed by atoms with E-state index in [0.29, 0.717) is 25.7 Å². The van der Waals surface area contributed by atoms with Crippen molar-refractivity contribution in [2.75, 3.05) is 19.8 Å². The maximum atomic E-state index is 11.6. The van der Waals surface area contributed by atoms with Gasteiger partial charge in [-0.25, -0.2) is 4.98 Å². The minimum Gasteiger partial charge on any atom is -0.488 e. The van der Waals surface area contributed by atoms with Crippen LogP contribution in [0.3, 0.4) is 0 Å². The lowest BCUT2D eigenvalue weighted by molar-refractivity contribution is -0.119. The number of rotatable bonds is 5. The third-order valence-electron chi connectivity index (χ3n) is 5.57. The van der Waals surface area contributed by atoms with E-state index >= 15 is 0 Å². The predicted octanol–water partition coefficient (Wildman–Crippen LogP) is 1.62. The van der Waals surface area contributed by atoms with Gasteiger partial charge in [0.15, 0.2) is 0 Å². The maximum Gasteiger partial charge on any atom is 0.220 e. The highest BCUT2D eigenvalue weighted by Gasteiger charge is 2.30. The lowest BCUT2D eigenvalue weighted by Crippen LogP contribution is -2.26. The molecule has 26 heavy (non-hydrogen) atoms. The van der Waals surface area contributed by atoms with Gasteiger partial charge in [-0.1, -0.05) is 0 Å². The van der Waals surface area contributed by atoms with Crippen LogP contribution in [0, 0.1) is 5.92 Å². The number of nitrogens with one attached hydrogen (secondary N) is 2. The Morgan fingerprint density at radius 1 is 1.35 bits per heavy atom. The third kappa shape index (κ3) is 2.76. The summed E-state index contributed by atoms with van der Waals surface area (Å²) in [7, 11) is 0. The van der Waals surface area contributed by atoms with Gasteiger partial charge in [0.05, 0.1) is 24.2 Å². The Balaban J connectivity index is 1.54. The summed E-state index contributed by atoms with van der Waals surface area (Å²) in [6, 6.07) is 4.73. The highest BCUT2D eigenvalue weighted by atomic mass is 16.5. The number of ether oxygens (including phenoxy) is 1. The molecule has 1 aromatic carbocycles. The second kappa shape index (κ2) is 6.09. The summed E-state index contributed by atoms with van der Waals surface area (Å²) < 4.78 is 8.65. The van der Waals surface area contributed by atoms with Gasteiger partial charge in [-0.15, -0.1) is 0 Å². The molecule has 1 saturated carbocycles. The van der Waals surface area contributed by atoms with E-state index < -0.39 is 0 Å². The monoisotopic (exact) mass is 353 g/mol. The summed E-state index contributed by atoms with van der Waals surface area (Å²) in [6.45, 7) is 4.16. The average molecular weight is 353 g/mol. The zero-order valence-corrected chi connectivity index (χ0v) is 14.9. The van der Waals surface area contributed by atoms with Gasteiger partial charge in [0.1, 0.15) is 17.4 Å². The first-order chi connectivity index (χ1) is 12.7. The quantitative estimate of drug-likeness (QED) is 0.856. The van der Waals surface area contributed by atoms with E-state index in [9.17, 15) is 4.79 Å². The van der Waals surface area contributed by atoms with E-state index in [4.69, 9.17) is 4.74 Å². The molecule has 2 aromatic rings. The first-order valence-electron chi connectivity index (χ1n) is 9.37. The summed E-state index contributed by atoms with van der Waals surface area (Å²) >= 11 is 0. The Kier molecular flexibility index (Phi) is 3.70. The predicted molar refractivity (Wildman–Crippen MR) is 98.6 cm³/mol. The van der Waals surface area contributed by atoms with E-state index in [1.165, 1.54) is 12.8 Å². The lowest BCUT2D eigenvalue weighted by Gasteiger charge is -2.21. The molecule has 2 aliphatic heterocycles. The number of imidazole rings is 1. The van der Waals surface area contributed by atoms with Gasteiger partial charge in [-0.3, -0.25) is 15.1 Å². The molecular formula is C19H23N5O2. The number of hydrogen-bond acceptors (Lipinski definition) is 5. The van der Waals surface area contributed by atoms with Gasteiger partial charge in [-0.2, -0.15) is 0 Å². The molecule has 5 rings (SSSR count). The van der Waals surface area contributed by atoms with Crippen LogP contribution in [0.2, 0.25) is 0 Å². The van der Waals surface area contributed by atoms with Crippen LogP contribution in [0.4, 0.5) is 0 Å². The molecule has 0 bridgehead atoms. The molecule has 2 unspecified atom stereocenters. The Bertz CT molecular complexity index is 899. The molecule has 3 heterocycles. The molecule has 2 atom stereocenters. The van der Waals surface area contributed by atoms with Crippen LogP contribution in [-0.4, -0.2) is 47.0 Å². The number of hydrogen-bond donors (Lipinski definition) is 2. The van der Waals surface area contributed by atoms with Crippen LogP contribution in [-0.2, 0) is 4.79 Å². The van der Waals surface area contributed by atoms with E-state index in [0.717, 1.165) is 34.6 Å². The molecule has 0 spiro atoms. The van der Waals surface area contributed by atoms with Crippen molar-refractivity contribution in [3.8, 4) is 5.75 Å². The number of fused-ring (bicyclic) bond motifs is 1. The smallest absolute Gasteiger partial charge is 0.220 e. The summed E-state index contributed by atoms with van der Waals surface area (Å²) in [4.78, 5) is 20.7. The fourth-order valence-electron chi connectivity index (χ4n) is 3.85. The summed E-state index contributed by atoms with van der Waals surface area (Å²) in [6.07, 6.45) is 4.81. The van der Waals surface area contributed by atoms with Gasteiger partial charge in [0.2, 0.25) is 5.91 Å². The minimum absolute atomic E-state index is 0.0430. The Morgan fingerprint density at radius 3 is 2.92 bits per heavy atom. The summed E-state index contributed by atoms with van der Waals surface area (Å²) in [5, 5.41) is 6.15. The van der Waals surface area contributed by atoms with Gasteiger partial charge in [-0.05, 0) is 31.9 Å². The van der Waals surface area contributed by atoms with Crippen molar-refractivity contribution in [1.82, 2.24) is 20.2 Å². The molecule has 0 radical (unpaired) electrons. The highest BCUT2D eigenvalue weighted by molar-refractivity contribution is 6.06. The minimum atomic E-state index is -0.0430. The van der Waals surface area contributed by atoms with Crippen molar-refractivity contribution >= 4 is 22.7 Å². The van der Waals surface area contributed by atoms with Crippen LogP contribution in [0.25, 0.3) is 11.0 Å². The Labute approximate surface area is 151 Å². The molecule has 7 nitrogen and oxygen atoms in total. The van der Waals surface area contributed by atoms with Crippen molar-refractivity contribution < 1.29 is 9.53 Å². The largest absolute Gasteiger partial charge is 0.488 e. The third-order valence-corrected chi connectivity index (χ3v) is 5.57. The van der Waals surface area contributed by atoms with Crippen LogP contribution >= 0.6 is 0 Å². The SMILES string of the molecule is CC(Oc1cc(C2=NCNC2)cc2ncn(C3CC3)c12)C1CNC(=O)C1. The number of benzene rings is 1. The fourth-order valence-corrected chi connectivity index (χ4v) is 3.85. The first kappa shape index (κ1) is 15.8. The zero-order valence-electron chi connectivity index (χ0n) is 14.9. The fraction of sp³-hybridized carbons (Fsp3) is 0.526. The normalized spacial score (nSPS) is 24.0. The van der Waals surface area contributed by atoms with Crippen molar-refractivity contribution in [2.24, 2.45) is 10.9 Å². The molecule has 1 amide bonds. The van der Waals surface area contributed by atoms with E-state index in [-0.39, 0.29) is 17.9 Å². The topological polar surface area (TPSA) is 80.5 Å². The average Bonchev–Trinajstić information content (AvgIpc) is 3.06. The van der Waals surface area contributed by atoms with E-state index in [1.54, 1.807) is 0 Å². The Morgan fingerprint density at radius 2 is 2.23 bits per heavy atom. The molecular weight excluding hydrogens is 330 g/mol. The maximum absolute atomic E-state index is 11.6. The van der Waals surface area contributed by atoms with Crippen LogP contribution in [0.1, 0.15) is 37.8 Å². The van der Waals surface area contributed by atoms with E-state index in [2.05, 4.69) is 44.2 Å². The van der Waals surface area contributed by atoms with Crippen LogP contribution in [0.5, 0.6) is 5.75 Å². The van der Waals surface area contributed by atoms with Crippen LogP contribution in [0.15, 0.2) is 23.5 Å². The van der Waals surface area contributed by atoms with Crippen molar-refractivity contribution in [3.05, 3.63) is 24.0 Å². The van der Waals surface area contributed by atoms with Crippen LogP contribution < -0.4 is 15.4 Å². The Hall–Kier alpha value is -2.41. The molecule has 7 heteroatoms. The molecule has 2 fully saturated rings. The number of aliphatic imine (C=N–C) groups is 1. The van der Waals surface area contributed by atoms with Crippen molar-refractivity contribution in [2.45, 2.75) is 38.3 Å². The molecule has 2 N–H and O–H groups in total. The van der Waals surface area contributed by atoms with Gasteiger partial charge in [0, 0.05) is 37.0 Å². The van der Waals surface area contributed by atoms with E-state index in [1.807, 2.05) is 6.33 Å². The van der Waals surface area contributed by atoms with Crippen molar-refractivity contribution in [1.29, 1.82) is 0 Å². The van der Waals surface area contributed by atoms with Crippen molar-refractivity contribution in [3.63, 3.8) is 0 Å². The number of nitrogens with zero attached hydrogens (tertiary/aromatic N) is 3. The standard InChI is InChI=1S/C19H23N5O2/c1-11(13-6-18(25)21-7-13)26-17-5-12(16-8-20-9-22-16)4-15-19(17)24(10-23-15)14-2-3-14/h4-5,10-11,13-14,20H,2-3,6-9H2,1H3,(H,21,25). The molecule has 136 valence electrons. The lowest BCUT2D eigenvalue weighted by atomic mass is 10.0. The summed E-state index contributed by atoms with van der Waals surface area (Å²) in [5.41, 5.74) is 4.12. The van der Waals surface area contributed by atoms with Gasteiger partial charge >= 0.3 is 0 Å². The number of amides is 1. The molecule has 3 aliphatic rings. The number of carbonyl (C=O) groups excluding carboxylic acids is 1. The van der Waals surface area contributed by atoms with Gasteiger partial charge < -0.3 is 14.6 Å². The first-order valence-corrected chi connectivity index (χ1v) is 9.37. The zero-order chi connectivity index (χ0) is 17.7. The number of carbonyl (C=O) groups is 1. The molecule has 1 aromatic heterocycles. The number of aromatic nitrogens is 2. The van der Waals surface area contributed by atoms with Gasteiger partial charge in [0.25, 0.3) is 0 Å². The summed E-state index contributed by atoms with van der Waals surface area (Å²) in [5.74, 6) is 1.16. The molecule has 1 aliphatic carbocycles.